The number of carbonyl (C=O) groups is 1. The SMILES string of the molecule is Nc1cc(Br)cc(Br)c1NC(=O)c1cc(Cl)sc1Cl. The molecule has 8 heteroatoms. The molecule has 0 radical (unpaired) electrons. The summed E-state index contributed by atoms with van der Waals surface area (Å²) in [4.78, 5) is 12.1. The van der Waals surface area contributed by atoms with E-state index in [1.165, 1.54) is 6.07 Å². The summed E-state index contributed by atoms with van der Waals surface area (Å²) in [6, 6.07) is 5.00. The van der Waals surface area contributed by atoms with E-state index in [1.54, 1.807) is 12.1 Å². The molecule has 3 nitrogen and oxygen atoms in total. The predicted octanol–water partition coefficient (Wildman–Crippen LogP) is 5.41. The molecule has 2 rings (SSSR count). The lowest BCUT2D eigenvalue weighted by molar-refractivity contribution is 0.102. The molecule has 1 aromatic carbocycles. The Morgan fingerprint density at radius 3 is 2.47 bits per heavy atom. The highest BCUT2D eigenvalue weighted by molar-refractivity contribution is 9.11. The average molecular weight is 445 g/mol. The number of carbonyl (C=O) groups excluding carboxylic acids is 1. The average Bonchev–Trinajstić information content (AvgIpc) is 2.62. The molecule has 1 amide bonds. The van der Waals surface area contributed by atoms with Crippen LogP contribution in [0.4, 0.5) is 11.4 Å². The normalized spacial score (nSPS) is 10.5. The molecule has 19 heavy (non-hydrogen) atoms. The minimum atomic E-state index is -0.358. The van der Waals surface area contributed by atoms with Gasteiger partial charge in [0.25, 0.3) is 5.91 Å². The van der Waals surface area contributed by atoms with Crippen molar-refractivity contribution in [2.45, 2.75) is 0 Å². The number of nitrogen functional groups attached to an aromatic ring is 1. The number of thiophene rings is 1. The summed E-state index contributed by atoms with van der Waals surface area (Å²) >= 11 is 19.5. The highest BCUT2D eigenvalue weighted by Crippen LogP contribution is 2.35. The van der Waals surface area contributed by atoms with Crippen LogP contribution in [-0.2, 0) is 0 Å². The van der Waals surface area contributed by atoms with Crippen molar-refractivity contribution in [1.82, 2.24) is 0 Å². The van der Waals surface area contributed by atoms with Crippen LogP contribution in [-0.4, -0.2) is 5.91 Å². The lowest BCUT2D eigenvalue weighted by Crippen LogP contribution is -2.13. The van der Waals surface area contributed by atoms with Gasteiger partial charge in [-0.05, 0) is 34.1 Å². The van der Waals surface area contributed by atoms with Gasteiger partial charge in [-0.25, -0.2) is 0 Å². The lowest BCUT2D eigenvalue weighted by Gasteiger charge is -2.10. The standard InChI is InChI=1S/C11H6Br2Cl2N2OS/c12-4-1-6(13)9(7(16)2-4)17-11(18)5-3-8(14)19-10(5)15/h1-3H,16H2,(H,17,18). The van der Waals surface area contributed by atoms with Crippen molar-refractivity contribution in [3.8, 4) is 0 Å². The molecule has 3 N–H and O–H groups in total. The fourth-order valence-corrected chi connectivity index (χ4v) is 4.22. The van der Waals surface area contributed by atoms with Crippen LogP contribution in [0.3, 0.4) is 0 Å². The Balaban J connectivity index is 2.32. The van der Waals surface area contributed by atoms with Gasteiger partial charge in [0.15, 0.2) is 0 Å². The van der Waals surface area contributed by atoms with Gasteiger partial charge in [0.1, 0.15) is 4.34 Å². The van der Waals surface area contributed by atoms with Crippen LogP contribution < -0.4 is 11.1 Å². The van der Waals surface area contributed by atoms with Crippen molar-refractivity contribution in [3.05, 3.63) is 41.4 Å². The number of amides is 1. The Kier molecular flexibility index (Phi) is 4.79. The van der Waals surface area contributed by atoms with Crippen molar-refractivity contribution >= 4 is 83.7 Å². The number of nitrogens with two attached hydrogens (primary N) is 1. The molecule has 0 aliphatic carbocycles. The maximum Gasteiger partial charge on any atom is 0.258 e. The third-order valence-corrected chi connectivity index (χ3v) is 4.80. The zero-order valence-corrected chi connectivity index (χ0v) is 14.6. The molecule has 0 saturated carbocycles. The van der Waals surface area contributed by atoms with Gasteiger partial charge in [0.05, 0.1) is 21.3 Å². The number of rotatable bonds is 2. The topological polar surface area (TPSA) is 55.1 Å². The third-order valence-electron chi connectivity index (χ3n) is 2.23. The lowest BCUT2D eigenvalue weighted by atomic mass is 10.2. The number of halogens is 4. The summed E-state index contributed by atoms with van der Waals surface area (Å²) < 4.78 is 2.28. The Morgan fingerprint density at radius 2 is 1.95 bits per heavy atom. The molecule has 0 aliphatic heterocycles. The Morgan fingerprint density at radius 1 is 1.26 bits per heavy atom. The molecule has 0 spiro atoms. The summed E-state index contributed by atoms with van der Waals surface area (Å²) in [5, 5.41) is 2.71. The molecule has 0 saturated heterocycles. The molecule has 0 atom stereocenters. The second-order valence-electron chi connectivity index (χ2n) is 3.54. The van der Waals surface area contributed by atoms with Gasteiger partial charge in [-0.2, -0.15) is 0 Å². The van der Waals surface area contributed by atoms with Crippen molar-refractivity contribution in [1.29, 1.82) is 0 Å². The van der Waals surface area contributed by atoms with Gasteiger partial charge in [0.2, 0.25) is 0 Å². The molecule has 0 bridgehead atoms. The highest BCUT2D eigenvalue weighted by Gasteiger charge is 2.17. The van der Waals surface area contributed by atoms with Crippen LogP contribution in [0.15, 0.2) is 27.1 Å². The first-order valence-electron chi connectivity index (χ1n) is 4.89. The van der Waals surface area contributed by atoms with Crippen molar-refractivity contribution in [2.75, 3.05) is 11.1 Å². The number of hydrogen-bond donors (Lipinski definition) is 2. The molecule has 1 heterocycles. The molecular formula is C11H6Br2Cl2N2OS. The molecule has 0 aliphatic rings. The van der Waals surface area contributed by atoms with Crippen molar-refractivity contribution in [2.24, 2.45) is 0 Å². The number of benzene rings is 1. The summed E-state index contributed by atoms with van der Waals surface area (Å²) in [6.45, 7) is 0. The molecule has 100 valence electrons. The minimum absolute atomic E-state index is 0.325. The monoisotopic (exact) mass is 442 g/mol. The van der Waals surface area contributed by atoms with Crippen LogP contribution in [0, 0.1) is 0 Å². The zero-order chi connectivity index (χ0) is 14.2. The molecule has 1 aromatic heterocycles. The van der Waals surface area contributed by atoms with E-state index in [0.717, 1.165) is 15.8 Å². The van der Waals surface area contributed by atoms with E-state index in [2.05, 4.69) is 37.2 Å². The van der Waals surface area contributed by atoms with Crippen molar-refractivity contribution < 1.29 is 4.79 Å². The van der Waals surface area contributed by atoms with Crippen LogP contribution in [0.1, 0.15) is 10.4 Å². The highest BCUT2D eigenvalue weighted by atomic mass is 79.9. The maximum atomic E-state index is 12.1. The smallest absolute Gasteiger partial charge is 0.258 e. The predicted molar refractivity (Wildman–Crippen MR) is 88.5 cm³/mol. The Bertz CT molecular complexity index is 637. The number of anilines is 2. The summed E-state index contributed by atoms with van der Waals surface area (Å²) in [5.74, 6) is -0.358. The summed E-state index contributed by atoms with van der Waals surface area (Å²) in [7, 11) is 0. The first-order chi connectivity index (χ1) is 8.88. The fourth-order valence-electron chi connectivity index (χ4n) is 1.40. The van der Waals surface area contributed by atoms with Crippen LogP contribution in [0.5, 0.6) is 0 Å². The Labute approximate surface area is 140 Å². The second kappa shape index (κ2) is 6.01. The van der Waals surface area contributed by atoms with Gasteiger partial charge >= 0.3 is 0 Å². The van der Waals surface area contributed by atoms with Crippen molar-refractivity contribution in [3.63, 3.8) is 0 Å². The van der Waals surface area contributed by atoms with Gasteiger partial charge < -0.3 is 11.1 Å². The van der Waals surface area contributed by atoms with E-state index in [9.17, 15) is 4.79 Å². The molecule has 0 fully saturated rings. The van der Waals surface area contributed by atoms with Gasteiger partial charge in [0, 0.05) is 8.95 Å². The zero-order valence-electron chi connectivity index (χ0n) is 9.14. The summed E-state index contributed by atoms with van der Waals surface area (Å²) in [5.41, 5.74) is 7.11. The largest absolute Gasteiger partial charge is 0.397 e. The first kappa shape index (κ1) is 15.1. The van der Waals surface area contributed by atoms with E-state index >= 15 is 0 Å². The van der Waals surface area contributed by atoms with Crippen LogP contribution >= 0.6 is 66.4 Å². The third kappa shape index (κ3) is 3.44. The molecular weight excluding hydrogens is 439 g/mol. The minimum Gasteiger partial charge on any atom is -0.397 e. The van der Waals surface area contributed by atoms with E-state index in [4.69, 9.17) is 28.9 Å². The van der Waals surface area contributed by atoms with E-state index in [1.807, 2.05) is 0 Å². The number of nitrogens with one attached hydrogen (secondary N) is 1. The van der Waals surface area contributed by atoms with E-state index < -0.39 is 0 Å². The number of hydrogen-bond acceptors (Lipinski definition) is 3. The van der Waals surface area contributed by atoms with Gasteiger partial charge in [-0.3, -0.25) is 4.79 Å². The van der Waals surface area contributed by atoms with Crippen LogP contribution in [0.2, 0.25) is 8.67 Å². The quantitative estimate of drug-likeness (QED) is 0.608. The molecule has 2 aromatic rings. The van der Waals surface area contributed by atoms with E-state index in [0.29, 0.717) is 30.1 Å². The van der Waals surface area contributed by atoms with Gasteiger partial charge in [-0.15, -0.1) is 11.3 Å². The van der Waals surface area contributed by atoms with E-state index in [-0.39, 0.29) is 5.91 Å². The maximum absolute atomic E-state index is 12.1. The molecule has 0 unspecified atom stereocenters. The first-order valence-corrected chi connectivity index (χ1v) is 8.05. The second-order valence-corrected chi connectivity index (χ2v) is 7.60. The fraction of sp³-hybridized carbons (Fsp3) is 0. The van der Waals surface area contributed by atoms with Gasteiger partial charge in [-0.1, -0.05) is 39.1 Å². The Hall–Kier alpha value is -0.270. The van der Waals surface area contributed by atoms with Crippen LogP contribution in [0.25, 0.3) is 0 Å². The summed E-state index contributed by atoms with van der Waals surface area (Å²) in [6.07, 6.45) is 0.